The number of nitrogens with two attached hydrogens (primary N) is 1. The number of nitrogen functional groups attached to an aromatic ring is 1. The number of pyridine rings is 1. The van der Waals surface area contributed by atoms with Crippen LogP contribution in [-0.2, 0) is 0 Å². The lowest BCUT2D eigenvalue weighted by Crippen LogP contribution is -1.99. The first kappa shape index (κ1) is 12.8. The van der Waals surface area contributed by atoms with Gasteiger partial charge in [-0.2, -0.15) is 0 Å². The smallest absolute Gasteiger partial charge is 0.194 e. The Morgan fingerprint density at radius 3 is 2.06 bits per heavy atom. The predicted molar refractivity (Wildman–Crippen MR) is 73.8 cm³/mol. The predicted octanol–water partition coefficient (Wildman–Crippen LogP) is 2.84. The molecule has 94 valence electrons. The molecule has 0 saturated carbocycles. The standard InChI is InChI=1S/C13H16N4S/c1-7-8(2)16-13(17-9(7)3)18-12-6-5-11(14)10(4)15-12/h5-6H,14H2,1-4H3. The molecule has 0 amide bonds. The van der Waals surface area contributed by atoms with Crippen LogP contribution in [0.1, 0.15) is 22.6 Å². The zero-order chi connectivity index (χ0) is 13.3. The largest absolute Gasteiger partial charge is 0.397 e. The number of aromatic nitrogens is 3. The van der Waals surface area contributed by atoms with Gasteiger partial charge in [0.1, 0.15) is 5.03 Å². The van der Waals surface area contributed by atoms with E-state index in [1.807, 2.05) is 39.8 Å². The van der Waals surface area contributed by atoms with Crippen molar-refractivity contribution < 1.29 is 0 Å². The highest BCUT2D eigenvalue weighted by atomic mass is 32.2. The molecule has 0 aliphatic carbocycles. The van der Waals surface area contributed by atoms with Crippen molar-refractivity contribution in [1.82, 2.24) is 15.0 Å². The third-order valence-electron chi connectivity index (χ3n) is 2.91. The molecule has 4 nitrogen and oxygen atoms in total. The van der Waals surface area contributed by atoms with E-state index in [9.17, 15) is 0 Å². The molecule has 0 aliphatic heterocycles. The summed E-state index contributed by atoms with van der Waals surface area (Å²) in [6.45, 7) is 7.92. The van der Waals surface area contributed by atoms with E-state index >= 15 is 0 Å². The summed E-state index contributed by atoms with van der Waals surface area (Å²) in [5.74, 6) is 0. The van der Waals surface area contributed by atoms with E-state index in [4.69, 9.17) is 5.73 Å². The zero-order valence-electron chi connectivity index (χ0n) is 11.0. The fourth-order valence-electron chi connectivity index (χ4n) is 1.49. The van der Waals surface area contributed by atoms with Crippen LogP contribution in [0.2, 0.25) is 0 Å². The second kappa shape index (κ2) is 4.94. The molecule has 0 atom stereocenters. The first-order chi connectivity index (χ1) is 8.47. The first-order valence-electron chi connectivity index (χ1n) is 5.70. The van der Waals surface area contributed by atoms with Gasteiger partial charge < -0.3 is 5.73 Å². The molecular weight excluding hydrogens is 244 g/mol. The van der Waals surface area contributed by atoms with Crippen molar-refractivity contribution in [3.8, 4) is 0 Å². The van der Waals surface area contributed by atoms with E-state index in [1.54, 1.807) is 0 Å². The Labute approximate surface area is 111 Å². The Morgan fingerprint density at radius 2 is 1.50 bits per heavy atom. The molecule has 0 fully saturated rings. The number of rotatable bonds is 2. The summed E-state index contributed by atoms with van der Waals surface area (Å²) < 4.78 is 0. The molecule has 2 heterocycles. The number of anilines is 1. The topological polar surface area (TPSA) is 64.7 Å². The van der Waals surface area contributed by atoms with Crippen molar-refractivity contribution >= 4 is 17.4 Å². The van der Waals surface area contributed by atoms with Crippen molar-refractivity contribution in [2.24, 2.45) is 0 Å². The van der Waals surface area contributed by atoms with Crippen LogP contribution in [0.3, 0.4) is 0 Å². The van der Waals surface area contributed by atoms with E-state index in [0.717, 1.165) is 32.8 Å². The Hall–Kier alpha value is -1.62. The molecule has 0 aliphatic rings. The summed E-state index contributed by atoms with van der Waals surface area (Å²) in [7, 11) is 0. The Morgan fingerprint density at radius 1 is 0.889 bits per heavy atom. The monoisotopic (exact) mass is 260 g/mol. The second-order valence-electron chi connectivity index (χ2n) is 4.23. The summed E-state index contributed by atoms with van der Waals surface area (Å²) in [4.78, 5) is 13.3. The van der Waals surface area contributed by atoms with E-state index in [0.29, 0.717) is 5.69 Å². The highest BCUT2D eigenvalue weighted by Gasteiger charge is 2.07. The maximum absolute atomic E-state index is 5.75. The maximum atomic E-state index is 5.75. The van der Waals surface area contributed by atoms with Gasteiger partial charge in [0.25, 0.3) is 0 Å². The number of nitrogens with zero attached hydrogens (tertiary/aromatic N) is 3. The van der Waals surface area contributed by atoms with Crippen molar-refractivity contribution in [3.05, 3.63) is 34.8 Å². The summed E-state index contributed by atoms with van der Waals surface area (Å²) >= 11 is 1.46. The lowest BCUT2D eigenvalue weighted by molar-refractivity contribution is 0.877. The van der Waals surface area contributed by atoms with Crippen molar-refractivity contribution in [2.45, 2.75) is 37.9 Å². The van der Waals surface area contributed by atoms with Crippen LogP contribution in [0.5, 0.6) is 0 Å². The molecule has 2 aromatic heterocycles. The minimum Gasteiger partial charge on any atom is -0.397 e. The van der Waals surface area contributed by atoms with E-state index in [-0.39, 0.29) is 0 Å². The van der Waals surface area contributed by atoms with Gasteiger partial charge >= 0.3 is 0 Å². The van der Waals surface area contributed by atoms with Gasteiger partial charge in [0.05, 0.1) is 11.4 Å². The van der Waals surface area contributed by atoms with Crippen LogP contribution in [0.4, 0.5) is 5.69 Å². The van der Waals surface area contributed by atoms with Crippen LogP contribution in [-0.4, -0.2) is 15.0 Å². The molecule has 0 aromatic carbocycles. The minimum absolute atomic E-state index is 0.705. The van der Waals surface area contributed by atoms with Gasteiger partial charge in [0.15, 0.2) is 5.16 Å². The van der Waals surface area contributed by atoms with Gasteiger partial charge in [0.2, 0.25) is 0 Å². The summed E-state index contributed by atoms with van der Waals surface area (Å²) in [5, 5.41) is 1.59. The van der Waals surface area contributed by atoms with Crippen LogP contribution in [0, 0.1) is 27.7 Å². The third-order valence-corrected chi connectivity index (χ3v) is 3.71. The Kier molecular flexibility index (Phi) is 3.52. The molecule has 5 heteroatoms. The molecule has 18 heavy (non-hydrogen) atoms. The van der Waals surface area contributed by atoms with E-state index < -0.39 is 0 Å². The highest BCUT2D eigenvalue weighted by Crippen LogP contribution is 2.25. The maximum Gasteiger partial charge on any atom is 0.194 e. The number of aryl methyl sites for hydroxylation is 3. The number of hydrogen-bond acceptors (Lipinski definition) is 5. The average molecular weight is 260 g/mol. The molecule has 2 N–H and O–H groups in total. The van der Waals surface area contributed by atoms with Crippen molar-refractivity contribution in [3.63, 3.8) is 0 Å². The molecule has 0 spiro atoms. The van der Waals surface area contributed by atoms with E-state index in [2.05, 4.69) is 15.0 Å². The highest BCUT2D eigenvalue weighted by molar-refractivity contribution is 7.99. The second-order valence-corrected chi connectivity index (χ2v) is 5.22. The van der Waals surface area contributed by atoms with Crippen LogP contribution < -0.4 is 5.73 Å². The molecule has 0 unspecified atom stereocenters. The molecular formula is C13H16N4S. The SMILES string of the molecule is Cc1nc(Sc2nc(C)c(C)c(C)n2)ccc1N. The van der Waals surface area contributed by atoms with Gasteiger partial charge in [-0.1, -0.05) is 0 Å². The van der Waals surface area contributed by atoms with Gasteiger partial charge in [-0.05, 0) is 57.2 Å². The Balaban J connectivity index is 2.31. The molecule has 0 bridgehead atoms. The molecule has 0 saturated heterocycles. The van der Waals surface area contributed by atoms with Gasteiger partial charge in [-0.3, -0.25) is 0 Å². The van der Waals surface area contributed by atoms with Crippen LogP contribution >= 0.6 is 11.8 Å². The van der Waals surface area contributed by atoms with E-state index in [1.165, 1.54) is 11.8 Å². The van der Waals surface area contributed by atoms with Crippen LogP contribution in [0.15, 0.2) is 22.3 Å². The molecule has 2 rings (SSSR count). The fourth-order valence-corrected chi connectivity index (χ4v) is 2.36. The van der Waals surface area contributed by atoms with Crippen molar-refractivity contribution in [2.75, 3.05) is 5.73 Å². The van der Waals surface area contributed by atoms with Gasteiger partial charge in [-0.15, -0.1) is 0 Å². The van der Waals surface area contributed by atoms with Gasteiger partial charge in [0, 0.05) is 11.4 Å². The zero-order valence-corrected chi connectivity index (χ0v) is 11.8. The summed E-state index contributed by atoms with van der Waals surface area (Å²) in [6.07, 6.45) is 0. The minimum atomic E-state index is 0.705. The van der Waals surface area contributed by atoms with Crippen molar-refractivity contribution in [1.29, 1.82) is 0 Å². The Bertz CT molecular complexity index is 573. The first-order valence-corrected chi connectivity index (χ1v) is 6.52. The fraction of sp³-hybridized carbons (Fsp3) is 0.308. The van der Waals surface area contributed by atoms with Gasteiger partial charge in [-0.25, -0.2) is 15.0 Å². The number of hydrogen-bond donors (Lipinski definition) is 1. The summed E-state index contributed by atoms with van der Waals surface area (Å²) in [6, 6.07) is 3.75. The third kappa shape index (κ3) is 2.61. The summed E-state index contributed by atoms with van der Waals surface area (Å²) in [5.41, 5.74) is 10.4. The van der Waals surface area contributed by atoms with Crippen LogP contribution in [0.25, 0.3) is 0 Å². The molecule has 0 radical (unpaired) electrons. The quantitative estimate of drug-likeness (QED) is 0.841. The molecule has 2 aromatic rings. The normalized spacial score (nSPS) is 10.7. The lowest BCUT2D eigenvalue weighted by atomic mass is 10.2. The lowest BCUT2D eigenvalue weighted by Gasteiger charge is -2.07. The average Bonchev–Trinajstić information content (AvgIpc) is 2.31.